The third-order valence-electron chi connectivity index (χ3n) is 2.34. The summed E-state index contributed by atoms with van der Waals surface area (Å²) >= 11 is 0. The largest absolute Gasteiger partial charge is 0.487 e. The van der Waals surface area contributed by atoms with Crippen LogP contribution in [0.25, 0.3) is 0 Å². The Balaban J connectivity index is 2.09. The molecule has 0 aliphatic rings. The highest BCUT2D eigenvalue weighted by Crippen LogP contribution is 2.17. The summed E-state index contributed by atoms with van der Waals surface area (Å²) in [6.07, 6.45) is 1.81. The van der Waals surface area contributed by atoms with Crippen molar-refractivity contribution in [2.45, 2.75) is 6.61 Å². The summed E-state index contributed by atoms with van der Waals surface area (Å²) in [6.45, 7) is -0.00218. The lowest BCUT2D eigenvalue weighted by Crippen LogP contribution is -1.98. The summed E-state index contributed by atoms with van der Waals surface area (Å²) in [5.74, 6) is 5.05. The van der Waals surface area contributed by atoms with Crippen molar-refractivity contribution in [3.63, 3.8) is 0 Å². The van der Waals surface area contributed by atoms with Gasteiger partial charge in [0.25, 0.3) is 0 Å². The zero-order valence-electron chi connectivity index (χ0n) is 10.4. The SMILES string of the molecule is Cn1ccc(COc2cc(F)cc(C#CCO)c2)n1. The summed E-state index contributed by atoms with van der Waals surface area (Å²) in [4.78, 5) is 0. The lowest BCUT2D eigenvalue weighted by Gasteiger charge is -2.05. The van der Waals surface area contributed by atoms with E-state index in [1.54, 1.807) is 10.7 Å². The first-order valence-corrected chi connectivity index (χ1v) is 5.69. The van der Waals surface area contributed by atoms with Crippen LogP contribution in [0.15, 0.2) is 30.5 Å². The van der Waals surface area contributed by atoms with Crippen molar-refractivity contribution in [1.29, 1.82) is 0 Å². The molecule has 5 heteroatoms. The fraction of sp³-hybridized carbons (Fsp3) is 0.214. The molecule has 1 aromatic carbocycles. The molecule has 1 heterocycles. The Morgan fingerprint density at radius 1 is 1.42 bits per heavy atom. The van der Waals surface area contributed by atoms with Gasteiger partial charge in [0, 0.05) is 24.9 Å². The molecule has 98 valence electrons. The van der Waals surface area contributed by atoms with Crippen molar-refractivity contribution >= 4 is 0 Å². The number of hydrogen-bond acceptors (Lipinski definition) is 3. The first-order chi connectivity index (χ1) is 9.17. The van der Waals surface area contributed by atoms with Crippen LogP contribution >= 0.6 is 0 Å². The van der Waals surface area contributed by atoms with E-state index in [4.69, 9.17) is 9.84 Å². The molecule has 0 unspecified atom stereocenters. The lowest BCUT2D eigenvalue weighted by molar-refractivity contribution is 0.298. The van der Waals surface area contributed by atoms with Crippen LogP contribution in [0.1, 0.15) is 11.3 Å². The highest BCUT2D eigenvalue weighted by molar-refractivity contribution is 5.40. The number of rotatable bonds is 3. The van der Waals surface area contributed by atoms with Crippen LogP contribution in [0.3, 0.4) is 0 Å². The Kier molecular flexibility index (Phi) is 4.16. The van der Waals surface area contributed by atoms with E-state index in [0.29, 0.717) is 11.3 Å². The minimum atomic E-state index is -0.430. The molecular weight excluding hydrogens is 247 g/mol. The second-order valence-corrected chi connectivity index (χ2v) is 3.90. The first-order valence-electron chi connectivity index (χ1n) is 5.69. The molecule has 1 N–H and O–H groups in total. The smallest absolute Gasteiger partial charge is 0.132 e. The summed E-state index contributed by atoms with van der Waals surface area (Å²) < 4.78 is 20.5. The predicted molar refractivity (Wildman–Crippen MR) is 67.9 cm³/mol. The number of benzene rings is 1. The van der Waals surface area contributed by atoms with E-state index in [0.717, 1.165) is 5.69 Å². The van der Waals surface area contributed by atoms with Crippen molar-refractivity contribution in [2.75, 3.05) is 6.61 Å². The number of aromatic nitrogens is 2. The average Bonchev–Trinajstić information content (AvgIpc) is 2.79. The Morgan fingerprint density at radius 3 is 2.95 bits per heavy atom. The van der Waals surface area contributed by atoms with Crippen molar-refractivity contribution in [3.8, 4) is 17.6 Å². The van der Waals surface area contributed by atoms with Gasteiger partial charge in [0.05, 0.1) is 5.69 Å². The van der Waals surface area contributed by atoms with Crippen LogP contribution in [-0.4, -0.2) is 21.5 Å². The molecule has 1 aromatic heterocycles. The standard InChI is InChI=1S/C14H13FN2O2/c1-17-5-4-13(16-17)10-19-14-8-11(3-2-6-18)7-12(15)9-14/h4-5,7-9,18H,6,10H2,1H3. The van der Waals surface area contributed by atoms with Gasteiger partial charge in [-0.15, -0.1) is 0 Å². The Hall–Kier alpha value is -2.32. The zero-order chi connectivity index (χ0) is 13.7. The molecule has 0 aliphatic heterocycles. The van der Waals surface area contributed by atoms with Gasteiger partial charge in [0.1, 0.15) is 24.8 Å². The van der Waals surface area contributed by atoms with Gasteiger partial charge < -0.3 is 9.84 Å². The minimum absolute atomic E-state index is 0.261. The molecule has 2 rings (SSSR count). The molecular formula is C14H13FN2O2. The molecule has 19 heavy (non-hydrogen) atoms. The third kappa shape index (κ3) is 3.83. The van der Waals surface area contributed by atoms with E-state index >= 15 is 0 Å². The topological polar surface area (TPSA) is 47.3 Å². The van der Waals surface area contributed by atoms with Gasteiger partial charge in [-0.2, -0.15) is 5.10 Å². The van der Waals surface area contributed by atoms with Gasteiger partial charge in [0.2, 0.25) is 0 Å². The normalized spacial score (nSPS) is 9.84. The van der Waals surface area contributed by atoms with E-state index < -0.39 is 5.82 Å². The Bertz CT molecular complexity index is 626. The molecule has 0 saturated carbocycles. The quantitative estimate of drug-likeness (QED) is 0.850. The second-order valence-electron chi connectivity index (χ2n) is 3.90. The number of halogens is 1. The summed E-state index contributed by atoms with van der Waals surface area (Å²) in [5, 5.41) is 12.8. The lowest BCUT2D eigenvalue weighted by atomic mass is 10.2. The average molecular weight is 260 g/mol. The number of aliphatic hydroxyl groups excluding tert-OH is 1. The molecule has 2 aromatic rings. The third-order valence-corrected chi connectivity index (χ3v) is 2.34. The number of aryl methyl sites for hydroxylation is 1. The highest BCUT2D eigenvalue weighted by atomic mass is 19.1. The molecule has 4 nitrogen and oxygen atoms in total. The van der Waals surface area contributed by atoms with Gasteiger partial charge >= 0.3 is 0 Å². The van der Waals surface area contributed by atoms with Gasteiger partial charge in [-0.3, -0.25) is 4.68 Å². The maximum absolute atomic E-state index is 13.4. The molecule has 0 radical (unpaired) electrons. The molecule has 0 amide bonds. The summed E-state index contributed by atoms with van der Waals surface area (Å²) in [6, 6.07) is 6.02. The molecule has 0 saturated heterocycles. The molecule has 0 atom stereocenters. The van der Waals surface area contributed by atoms with Crippen LogP contribution in [0.5, 0.6) is 5.75 Å². The van der Waals surface area contributed by atoms with Gasteiger partial charge in [-0.25, -0.2) is 4.39 Å². The van der Waals surface area contributed by atoms with E-state index in [-0.39, 0.29) is 13.2 Å². The van der Waals surface area contributed by atoms with Gasteiger partial charge in [-0.1, -0.05) is 11.8 Å². The number of nitrogens with zero attached hydrogens (tertiary/aromatic N) is 2. The Morgan fingerprint density at radius 2 is 2.26 bits per heavy atom. The second kappa shape index (κ2) is 6.03. The minimum Gasteiger partial charge on any atom is -0.487 e. The summed E-state index contributed by atoms with van der Waals surface area (Å²) in [7, 11) is 1.81. The number of aliphatic hydroxyl groups is 1. The summed E-state index contributed by atoms with van der Waals surface area (Å²) in [5.41, 5.74) is 1.22. The molecule has 0 spiro atoms. The molecule has 0 bridgehead atoms. The van der Waals surface area contributed by atoms with Crippen LogP contribution in [-0.2, 0) is 13.7 Å². The van der Waals surface area contributed by atoms with Crippen molar-refractivity contribution in [3.05, 3.63) is 47.5 Å². The monoisotopic (exact) mass is 260 g/mol. The maximum Gasteiger partial charge on any atom is 0.132 e. The van der Waals surface area contributed by atoms with E-state index in [9.17, 15) is 4.39 Å². The fourth-order valence-electron chi connectivity index (χ4n) is 1.56. The van der Waals surface area contributed by atoms with E-state index in [1.807, 2.05) is 19.3 Å². The molecule has 0 aliphatic carbocycles. The highest BCUT2D eigenvalue weighted by Gasteiger charge is 2.02. The zero-order valence-corrected chi connectivity index (χ0v) is 10.4. The maximum atomic E-state index is 13.4. The van der Waals surface area contributed by atoms with Crippen LogP contribution in [0, 0.1) is 17.7 Å². The van der Waals surface area contributed by atoms with Crippen LogP contribution in [0.2, 0.25) is 0 Å². The van der Waals surface area contributed by atoms with Crippen molar-refractivity contribution in [2.24, 2.45) is 7.05 Å². The predicted octanol–water partition coefficient (Wildman–Crippen LogP) is 1.48. The Labute approximate surface area is 110 Å². The number of ether oxygens (including phenoxy) is 1. The van der Waals surface area contributed by atoms with Crippen LogP contribution in [0.4, 0.5) is 4.39 Å². The number of hydrogen-bond donors (Lipinski definition) is 1. The van der Waals surface area contributed by atoms with Gasteiger partial charge in [0.15, 0.2) is 0 Å². The van der Waals surface area contributed by atoms with Crippen molar-refractivity contribution < 1.29 is 14.2 Å². The van der Waals surface area contributed by atoms with Gasteiger partial charge in [-0.05, 0) is 18.2 Å². The first kappa shape index (κ1) is 13.1. The van der Waals surface area contributed by atoms with Crippen LogP contribution < -0.4 is 4.74 Å². The molecule has 0 fully saturated rings. The fourth-order valence-corrected chi connectivity index (χ4v) is 1.56. The van der Waals surface area contributed by atoms with Crippen molar-refractivity contribution in [1.82, 2.24) is 9.78 Å². The van der Waals surface area contributed by atoms with E-state index in [2.05, 4.69) is 16.9 Å². The van der Waals surface area contributed by atoms with E-state index in [1.165, 1.54) is 12.1 Å².